The molecular weight excluding hydrogens is 249 g/mol. The molecule has 2 aromatic carbocycles. The molecule has 0 saturated carbocycles. The summed E-state index contributed by atoms with van der Waals surface area (Å²) < 4.78 is 17.8. The van der Waals surface area contributed by atoms with E-state index in [1.165, 1.54) is 24.3 Å². The van der Waals surface area contributed by atoms with Gasteiger partial charge in [-0.05, 0) is 36.4 Å². The van der Waals surface area contributed by atoms with Gasteiger partial charge in [-0.1, -0.05) is 6.07 Å². The molecule has 0 saturated heterocycles. The van der Waals surface area contributed by atoms with Crippen molar-refractivity contribution in [3.8, 4) is 0 Å². The van der Waals surface area contributed by atoms with Crippen molar-refractivity contribution >= 4 is 16.9 Å². The fourth-order valence-corrected chi connectivity index (χ4v) is 1.91. The van der Waals surface area contributed by atoms with Crippen molar-refractivity contribution in [3.63, 3.8) is 0 Å². The van der Waals surface area contributed by atoms with Gasteiger partial charge in [0.2, 0.25) is 0 Å². The molecule has 0 radical (unpaired) electrons. The van der Waals surface area contributed by atoms with Gasteiger partial charge in [-0.2, -0.15) is 0 Å². The highest BCUT2D eigenvalue weighted by Crippen LogP contribution is 2.19. The normalized spacial score (nSPS) is 10.8. The molecule has 0 bridgehead atoms. The average Bonchev–Trinajstić information content (AvgIpc) is 2.78. The van der Waals surface area contributed by atoms with Gasteiger partial charge in [0.15, 0.2) is 11.4 Å². The molecule has 3 aromatic rings. The number of carbonyl (C=O) groups is 1. The van der Waals surface area contributed by atoms with E-state index in [0.29, 0.717) is 11.1 Å². The van der Waals surface area contributed by atoms with E-state index in [2.05, 4.69) is 4.98 Å². The zero-order valence-corrected chi connectivity index (χ0v) is 9.64. The van der Waals surface area contributed by atoms with Crippen LogP contribution in [0.15, 0.2) is 51.7 Å². The monoisotopic (exact) mass is 257 g/mol. The lowest BCUT2D eigenvalue weighted by Crippen LogP contribution is -2.01. The quantitative estimate of drug-likeness (QED) is 0.717. The minimum Gasteiger partial charge on any atom is -0.407 e. The van der Waals surface area contributed by atoms with Crippen LogP contribution in [0.1, 0.15) is 15.9 Å². The van der Waals surface area contributed by atoms with Crippen molar-refractivity contribution in [1.82, 2.24) is 4.98 Å². The van der Waals surface area contributed by atoms with Gasteiger partial charge in [0, 0.05) is 5.56 Å². The second kappa shape index (κ2) is 4.20. The molecule has 1 N–H and O–H groups in total. The summed E-state index contributed by atoms with van der Waals surface area (Å²) in [5.74, 6) is -1.36. The molecule has 0 aliphatic carbocycles. The number of rotatable bonds is 2. The number of carbonyl (C=O) groups excluding carboxylic acids is 1. The molecule has 4 nitrogen and oxygen atoms in total. The van der Waals surface area contributed by atoms with E-state index < -0.39 is 11.6 Å². The number of aromatic amines is 1. The first-order valence-corrected chi connectivity index (χ1v) is 5.57. The van der Waals surface area contributed by atoms with Gasteiger partial charge in [0.25, 0.3) is 0 Å². The van der Waals surface area contributed by atoms with Crippen molar-refractivity contribution in [2.75, 3.05) is 0 Å². The van der Waals surface area contributed by atoms with Gasteiger partial charge < -0.3 is 4.42 Å². The van der Waals surface area contributed by atoms with E-state index in [1.807, 2.05) is 0 Å². The van der Waals surface area contributed by atoms with Crippen LogP contribution in [0, 0.1) is 5.82 Å². The molecule has 1 aromatic heterocycles. The molecule has 0 spiro atoms. The van der Waals surface area contributed by atoms with E-state index in [4.69, 9.17) is 4.42 Å². The minimum atomic E-state index is -0.616. The number of ketones is 1. The smallest absolute Gasteiger partial charge is 0.407 e. The standard InChI is InChI=1S/C14H8FNO3/c15-9-6-4-8(5-7-9)12(17)10-2-1-3-11-13(10)19-14(18)16-11/h1-7H,(H,16,18). The van der Waals surface area contributed by atoms with Crippen molar-refractivity contribution in [1.29, 1.82) is 0 Å². The summed E-state index contributed by atoms with van der Waals surface area (Å²) in [7, 11) is 0. The molecule has 3 rings (SSSR count). The third kappa shape index (κ3) is 1.95. The van der Waals surface area contributed by atoms with Gasteiger partial charge in [-0.3, -0.25) is 9.78 Å². The Kier molecular flexibility index (Phi) is 2.52. The van der Waals surface area contributed by atoms with Gasteiger partial charge in [0.05, 0.1) is 11.1 Å². The minimum absolute atomic E-state index is 0.210. The molecule has 0 aliphatic rings. The second-order valence-corrected chi connectivity index (χ2v) is 4.03. The lowest BCUT2D eigenvalue weighted by molar-refractivity contribution is 0.103. The SMILES string of the molecule is O=C(c1ccc(F)cc1)c1cccc2[nH]c(=O)oc12. The fraction of sp³-hybridized carbons (Fsp3) is 0. The van der Waals surface area contributed by atoms with Gasteiger partial charge in [0.1, 0.15) is 5.82 Å². The highest BCUT2D eigenvalue weighted by molar-refractivity contribution is 6.14. The number of oxazole rings is 1. The van der Waals surface area contributed by atoms with E-state index in [9.17, 15) is 14.0 Å². The number of aromatic nitrogens is 1. The predicted molar refractivity (Wildman–Crippen MR) is 66.7 cm³/mol. The van der Waals surface area contributed by atoms with Gasteiger partial charge >= 0.3 is 5.76 Å². The summed E-state index contributed by atoms with van der Waals surface area (Å²) in [5.41, 5.74) is 1.26. The summed E-state index contributed by atoms with van der Waals surface area (Å²) in [5, 5.41) is 0. The Morgan fingerprint density at radius 1 is 1.11 bits per heavy atom. The Morgan fingerprint density at radius 2 is 1.84 bits per heavy atom. The van der Waals surface area contributed by atoms with Crippen molar-refractivity contribution < 1.29 is 13.6 Å². The van der Waals surface area contributed by atoms with Gasteiger partial charge in [-0.15, -0.1) is 0 Å². The van der Waals surface area contributed by atoms with Crippen LogP contribution >= 0.6 is 0 Å². The highest BCUT2D eigenvalue weighted by Gasteiger charge is 2.15. The molecule has 1 heterocycles. The Labute approximate surface area is 106 Å². The van der Waals surface area contributed by atoms with E-state index >= 15 is 0 Å². The summed E-state index contributed by atoms with van der Waals surface area (Å²) in [6.45, 7) is 0. The summed E-state index contributed by atoms with van der Waals surface area (Å²) >= 11 is 0. The molecule has 0 amide bonds. The third-order valence-corrected chi connectivity index (χ3v) is 2.80. The van der Waals surface area contributed by atoms with Crippen LogP contribution in [0.2, 0.25) is 0 Å². The van der Waals surface area contributed by atoms with Crippen LogP contribution < -0.4 is 5.76 Å². The lowest BCUT2D eigenvalue weighted by atomic mass is 10.0. The summed E-state index contributed by atoms with van der Waals surface area (Å²) in [4.78, 5) is 25.9. The van der Waals surface area contributed by atoms with Crippen molar-refractivity contribution in [2.45, 2.75) is 0 Å². The number of fused-ring (bicyclic) bond motifs is 1. The molecule has 0 atom stereocenters. The van der Waals surface area contributed by atoms with E-state index in [1.54, 1.807) is 18.2 Å². The zero-order chi connectivity index (χ0) is 13.4. The van der Waals surface area contributed by atoms with Crippen LogP contribution in [0.4, 0.5) is 4.39 Å². The molecule has 5 heteroatoms. The highest BCUT2D eigenvalue weighted by atomic mass is 19.1. The molecule has 0 fully saturated rings. The Balaban J connectivity index is 2.16. The first-order valence-electron chi connectivity index (χ1n) is 5.57. The largest absolute Gasteiger partial charge is 0.417 e. The third-order valence-electron chi connectivity index (χ3n) is 2.80. The summed E-state index contributed by atoms with van der Waals surface area (Å²) in [6.07, 6.45) is 0. The maximum atomic E-state index is 12.8. The second-order valence-electron chi connectivity index (χ2n) is 4.03. The molecule has 19 heavy (non-hydrogen) atoms. The van der Waals surface area contributed by atoms with Crippen LogP contribution in [0.3, 0.4) is 0 Å². The number of halogens is 1. The molecular formula is C14H8FNO3. The van der Waals surface area contributed by atoms with Crippen LogP contribution in [0.5, 0.6) is 0 Å². The Bertz CT molecular complexity index is 815. The predicted octanol–water partition coefficient (Wildman–Crippen LogP) is 2.49. The summed E-state index contributed by atoms with van der Waals surface area (Å²) in [6, 6.07) is 10.0. The maximum absolute atomic E-state index is 12.8. The van der Waals surface area contributed by atoms with Crippen LogP contribution in [0.25, 0.3) is 11.1 Å². The maximum Gasteiger partial charge on any atom is 0.417 e. The number of hydrogen-bond acceptors (Lipinski definition) is 3. The molecule has 0 unspecified atom stereocenters. The lowest BCUT2D eigenvalue weighted by Gasteiger charge is -2.01. The number of hydrogen-bond donors (Lipinski definition) is 1. The zero-order valence-electron chi connectivity index (χ0n) is 9.64. The number of H-pyrrole nitrogens is 1. The van der Waals surface area contributed by atoms with Crippen molar-refractivity contribution in [3.05, 3.63) is 70.0 Å². The van der Waals surface area contributed by atoms with E-state index in [0.717, 1.165) is 0 Å². The number of nitrogens with one attached hydrogen (secondary N) is 1. The van der Waals surface area contributed by atoms with E-state index in [-0.39, 0.29) is 16.9 Å². The Hall–Kier alpha value is -2.69. The Morgan fingerprint density at radius 3 is 2.58 bits per heavy atom. The topological polar surface area (TPSA) is 63.1 Å². The first-order chi connectivity index (χ1) is 9.15. The van der Waals surface area contributed by atoms with Gasteiger partial charge in [-0.25, -0.2) is 9.18 Å². The molecule has 94 valence electrons. The fourth-order valence-electron chi connectivity index (χ4n) is 1.91. The first kappa shape index (κ1) is 11.4. The number of para-hydroxylation sites is 1. The average molecular weight is 257 g/mol. The van der Waals surface area contributed by atoms with Crippen molar-refractivity contribution in [2.24, 2.45) is 0 Å². The molecule has 0 aliphatic heterocycles. The van der Waals surface area contributed by atoms with Crippen LogP contribution in [-0.2, 0) is 0 Å². The van der Waals surface area contributed by atoms with Crippen LogP contribution in [-0.4, -0.2) is 10.8 Å². The number of benzene rings is 2.